The number of nitrogen functional groups attached to an aromatic ring is 1. The van der Waals surface area contributed by atoms with E-state index in [1.165, 1.54) is 5.56 Å². The van der Waals surface area contributed by atoms with E-state index in [9.17, 15) is 0 Å². The fourth-order valence-electron chi connectivity index (χ4n) is 2.83. The summed E-state index contributed by atoms with van der Waals surface area (Å²) in [4.78, 5) is 9.07. The van der Waals surface area contributed by atoms with Crippen LogP contribution >= 0.6 is 11.3 Å². The zero-order valence-electron chi connectivity index (χ0n) is 12.9. The largest absolute Gasteiger partial charge is 0.497 e. The first-order valence-corrected chi connectivity index (χ1v) is 8.18. The third-order valence-electron chi connectivity index (χ3n) is 4.00. The number of nitrogens with zero attached hydrogens (tertiary/aromatic N) is 3. The molecule has 0 spiro atoms. The molecular weight excluding hydrogens is 308 g/mol. The summed E-state index contributed by atoms with van der Waals surface area (Å²) in [5, 5.41) is 2.04. The molecule has 1 aromatic carbocycles. The number of benzene rings is 1. The predicted octanol–water partition coefficient (Wildman–Crippen LogP) is 3.59. The van der Waals surface area contributed by atoms with Crippen molar-refractivity contribution < 1.29 is 4.74 Å². The average Bonchev–Trinajstić information content (AvgIpc) is 3.13. The molecule has 0 fully saturated rings. The Labute approximate surface area is 137 Å². The summed E-state index contributed by atoms with van der Waals surface area (Å²) in [6, 6.07) is 10.1. The first-order valence-electron chi connectivity index (χ1n) is 7.30. The Kier molecular flexibility index (Phi) is 3.20. The van der Waals surface area contributed by atoms with Crippen molar-refractivity contribution in [3.63, 3.8) is 0 Å². The summed E-state index contributed by atoms with van der Waals surface area (Å²) in [6.07, 6.45) is 0. The number of hydrogen-bond donors (Lipinski definition) is 1. The Morgan fingerprint density at radius 2 is 1.96 bits per heavy atom. The summed E-state index contributed by atoms with van der Waals surface area (Å²) < 4.78 is 8.55. The zero-order valence-corrected chi connectivity index (χ0v) is 13.7. The molecule has 0 radical (unpaired) electrons. The molecule has 0 aliphatic carbocycles. The average molecular weight is 324 g/mol. The predicted molar refractivity (Wildman–Crippen MR) is 94.2 cm³/mol. The highest BCUT2D eigenvalue weighted by Gasteiger charge is 2.16. The highest BCUT2D eigenvalue weighted by atomic mass is 32.1. The lowest BCUT2D eigenvalue weighted by molar-refractivity contribution is 0.414. The third-order valence-corrected chi connectivity index (χ3v) is 4.91. The number of aryl methyl sites for hydroxylation is 1. The van der Waals surface area contributed by atoms with Gasteiger partial charge in [-0.25, -0.2) is 9.97 Å². The zero-order chi connectivity index (χ0) is 16.0. The Morgan fingerprint density at radius 1 is 1.17 bits per heavy atom. The van der Waals surface area contributed by atoms with Gasteiger partial charge in [0.2, 0.25) is 0 Å². The normalized spacial score (nSPS) is 11.4. The fraction of sp³-hybridized carbons (Fsp3) is 0.176. The van der Waals surface area contributed by atoms with E-state index in [1.807, 2.05) is 30.5 Å². The van der Waals surface area contributed by atoms with Crippen molar-refractivity contribution in [1.29, 1.82) is 0 Å². The van der Waals surface area contributed by atoms with Crippen molar-refractivity contribution in [2.75, 3.05) is 12.8 Å². The van der Waals surface area contributed by atoms with Crippen LogP contribution in [0.15, 0.2) is 35.7 Å². The molecule has 3 heterocycles. The van der Waals surface area contributed by atoms with E-state index in [4.69, 9.17) is 10.5 Å². The number of hydrogen-bond acceptors (Lipinski definition) is 5. The molecule has 4 aromatic rings. The van der Waals surface area contributed by atoms with Crippen molar-refractivity contribution in [3.8, 4) is 5.75 Å². The summed E-state index contributed by atoms with van der Waals surface area (Å²) in [6.45, 7) is 2.74. The van der Waals surface area contributed by atoms with Gasteiger partial charge in [0.15, 0.2) is 5.82 Å². The minimum absolute atomic E-state index is 0.488. The Balaban J connectivity index is 1.89. The second-order valence-corrected chi connectivity index (χ2v) is 6.34. The quantitative estimate of drug-likeness (QED) is 0.625. The first-order chi connectivity index (χ1) is 11.2. The van der Waals surface area contributed by atoms with Crippen LogP contribution in [0.4, 0.5) is 5.82 Å². The minimum atomic E-state index is 0.488. The number of pyridine rings is 1. The lowest BCUT2D eigenvalue weighted by Gasteiger charge is -2.09. The molecule has 0 saturated carbocycles. The number of imidazole rings is 1. The molecule has 2 N–H and O–H groups in total. The topological polar surface area (TPSA) is 66.0 Å². The number of nitrogens with two attached hydrogens (primary N) is 1. The van der Waals surface area contributed by atoms with E-state index >= 15 is 0 Å². The van der Waals surface area contributed by atoms with Crippen LogP contribution in [0, 0.1) is 6.92 Å². The van der Waals surface area contributed by atoms with Crippen LogP contribution < -0.4 is 10.5 Å². The molecule has 0 unspecified atom stereocenters. The highest BCUT2D eigenvalue weighted by molar-refractivity contribution is 7.18. The standard InChI is InChI=1S/C17H16N4OS/c1-10-19-14-15(16-13(7-8-23-16)20-17(14)18)21(10)9-11-3-5-12(22-2)6-4-11/h3-8H,9H2,1-2H3,(H2,18,20). The number of rotatable bonds is 3. The molecule has 3 aromatic heterocycles. The van der Waals surface area contributed by atoms with Crippen molar-refractivity contribution in [2.45, 2.75) is 13.5 Å². The molecule has 0 amide bonds. The number of fused-ring (bicyclic) bond motifs is 3. The van der Waals surface area contributed by atoms with E-state index in [-0.39, 0.29) is 0 Å². The molecule has 4 rings (SSSR count). The van der Waals surface area contributed by atoms with Crippen molar-refractivity contribution in [2.24, 2.45) is 0 Å². The molecule has 0 aliphatic heterocycles. The number of anilines is 1. The first kappa shape index (κ1) is 14.0. The summed E-state index contributed by atoms with van der Waals surface area (Å²) >= 11 is 1.67. The fourth-order valence-corrected chi connectivity index (χ4v) is 3.72. The lowest BCUT2D eigenvalue weighted by atomic mass is 10.2. The van der Waals surface area contributed by atoms with Crippen LogP contribution in [-0.4, -0.2) is 21.6 Å². The molecule has 0 aliphatic rings. The smallest absolute Gasteiger partial charge is 0.152 e. The Hall–Kier alpha value is -2.60. The molecule has 23 heavy (non-hydrogen) atoms. The number of aromatic nitrogens is 3. The molecular formula is C17H16N4OS. The van der Waals surface area contributed by atoms with Gasteiger partial charge in [0.05, 0.1) is 22.8 Å². The second kappa shape index (κ2) is 5.24. The maximum Gasteiger partial charge on any atom is 0.152 e. The maximum absolute atomic E-state index is 6.10. The monoisotopic (exact) mass is 324 g/mol. The van der Waals surface area contributed by atoms with Gasteiger partial charge in [-0.3, -0.25) is 0 Å². The lowest BCUT2D eigenvalue weighted by Crippen LogP contribution is -2.02. The van der Waals surface area contributed by atoms with Crippen LogP contribution in [0.1, 0.15) is 11.4 Å². The summed E-state index contributed by atoms with van der Waals surface area (Å²) in [5.74, 6) is 2.28. The molecule has 0 bridgehead atoms. The van der Waals surface area contributed by atoms with E-state index in [0.29, 0.717) is 5.82 Å². The van der Waals surface area contributed by atoms with Crippen molar-refractivity contribution in [3.05, 3.63) is 47.1 Å². The van der Waals surface area contributed by atoms with E-state index < -0.39 is 0 Å². The summed E-state index contributed by atoms with van der Waals surface area (Å²) in [5.41, 5.74) is 10.1. The van der Waals surface area contributed by atoms with Crippen LogP contribution in [0.2, 0.25) is 0 Å². The van der Waals surface area contributed by atoms with Gasteiger partial charge in [0.25, 0.3) is 0 Å². The van der Waals surface area contributed by atoms with E-state index in [0.717, 1.165) is 39.4 Å². The van der Waals surface area contributed by atoms with Crippen LogP contribution in [0.3, 0.4) is 0 Å². The van der Waals surface area contributed by atoms with Crippen LogP contribution in [0.5, 0.6) is 5.75 Å². The van der Waals surface area contributed by atoms with Gasteiger partial charge in [-0.1, -0.05) is 12.1 Å². The van der Waals surface area contributed by atoms with Gasteiger partial charge in [-0.05, 0) is 36.1 Å². The molecule has 116 valence electrons. The number of methoxy groups -OCH3 is 1. The summed E-state index contributed by atoms with van der Waals surface area (Å²) in [7, 11) is 1.67. The van der Waals surface area contributed by atoms with Crippen LogP contribution in [0.25, 0.3) is 21.3 Å². The van der Waals surface area contributed by atoms with E-state index in [2.05, 4.69) is 26.7 Å². The Morgan fingerprint density at radius 3 is 2.70 bits per heavy atom. The van der Waals surface area contributed by atoms with Gasteiger partial charge in [-0.15, -0.1) is 11.3 Å². The van der Waals surface area contributed by atoms with Gasteiger partial charge in [0.1, 0.15) is 17.1 Å². The third kappa shape index (κ3) is 2.22. The van der Waals surface area contributed by atoms with Crippen molar-refractivity contribution in [1.82, 2.24) is 14.5 Å². The minimum Gasteiger partial charge on any atom is -0.497 e. The second-order valence-electron chi connectivity index (χ2n) is 5.42. The molecule has 6 heteroatoms. The van der Waals surface area contributed by atoms with Gasteiger partial charge >= 0.3 is 0 Å². The SMILES string of the molecule is COc1ccc(Cn2c(C)nc3c(N)nc4ccsc4c32)cc1. The molecule has 5 nitrogen and oxygen atoms in total. The number of ether oxygens (including phenoxy) is 1. The van der Waals surface area contributed by atoms with Gasteiger partial charge in [0, 0.05) is 6.54 Å². The van der Waals surface area contributed by atoms with Crippen molar-refractivity contribution >= 4 is 38.4 Å². The van der Waals surface area contributed by atoms with Crippen LogP contribution in [-0.2, 0) is 6.54 Å². The van der Waals surface area contributed by atoms with Gasteiger partial charge < -0.3 is 15.0 Å². The Bertz CT molecular complexity index is 1000. The highest BCUT2D eigenvalue weighted by Crippen LogP contribution is 2.32. The number of thiophene rings is 1. The maximum atomic E-state index is 6.10. The molecule has 0 atom stereocenters. The van der Waals surface area contributed by atoms with E-state index in [1.54, 1.807) is 18.4 Å². The van der Waals surface area contributed by atoms with Gasteiger partial charge in [-0.2, -0.15) is 0 Å². The molecule has 0 saturated heterocycles.